The van der Waals surface area contributed by atoms with Crippen molar-refractivity contribution in [3.63, 3.8) is 0 Å². The van der Waals surface area contributed by atoms with Gasteiger partial charge in [-0.15, -0.1) is 0 Å². The van der Waals surface area contributed by atoms with Crippen molar-refractivity contribution in [2.24, 2.45) is 5.92 Å². The smallest absolute Gasteiger partial charge is 0.419 e. The number of nitrogens with one attached hydrogen (secondary N) is 1. The second kappa shape index (κ2) is 10.5. The maximum atomic E-state index is 14.7. The molecule has 0 spiro atoms. The van der Waals surface area contributed by atoms with Crippen molar-refractivity contribution in [2.75, 3.05) is 39.2 Å². The van der Waals surface area contributed by atoms with E-state index in [-0.39, 0.29) is 5.56 Å². The standard InChI is InChI=1S/C26H30F4N4O2/c1-15(18-6-5-7-20(24(18)27)26(28,29)30)31-25-19-12-23(36-11-10-34(3)14-17-8-9-17)22(35-4)13-21(19)32-16(2)33-25/h5-7,12-13,15,17H,8-11,14H2,1-4H3,(H,31,32,33)/t15-/m1/s1. The van der Waals surface area contributed by atoms with Crippen LogP contribution in [0.4, 0.5) is 23.4 Å². The largest absolute Gasteiger partial charge is 0.493 e. The number of rotatable bonds is 10. The van der Waals surface area contributed by atoms with Crippen LogP contribution in [0.15, 0.2) is 30.3 Å². The molecule has 1 atom stereocenters. The van der Waals surface area contributed by atoms with Gasteiger partial charge in [-0.25, -0.2) is 14.4 Å². The van der Waals surface area contributed by atoms with Gasteiger partial charge >= 0.3 is 6.18 Å². The third-order valence-electron chi connectivity index (χ3n) is 6.24. The summed E-state index contributed by atoms with van der Waals surface area (Å²) in [6, 6.07) is 5.93. The van der Waals surface area contributed by atoms with Crippen LogP contribution in [0, 0.1) is 18.7 Å². The number of halogens is 4. The fourth-order valence-corrected chi connectivity index (χ4v) is 4.17. The maximum absolute atomic E-state index is 14.7. The minimum absolute atomic E-state index is 0.113. The van der Waals surface area contributed by atoms with Crippen LogP contribution >= 0.6 is 0 Å². The fourth-order valence-electron chi connectivity index (χ4n) is 4.17. The number of ether oxygens (including phenoxy) is 2. The zero-order valence-electron chi connectivity index (χ0n) is 20.7. The number of aryl methyl sites for hydroxylation is 1. The summed E-state index contributed by atoms with van der Waals surface area (Å²) in [6.45, 7) is 5.53. The van der Waals surface area contributed by atoms with Crippen molar-refractivity contribution in [1.82, 2.24) is 14.9 Å². The molecule has 10 heteroatoms. The number of anilines is 1. The molecule has 1 aromatic heterocycles. The minimum atomic E-state index is -4.78. The van der Waals surface area contributed by atoms with Gasteiger partial charge < -0.3 is 19.7 Å². The van der Waals surface area contributed by atoms with Crippen LogP contribution in [-0.2, 0) is 6.18 Å². The van der Waals surface area contributed by atoms with Crippen LogP contribution in [0.3, 0.4) is 0 Å². The van der Waals surface area contributed by atoms with Crippen molar-refractivity contribution in [3.8, 4) is 11.5 Å². The number of alkyl halides is 3. The Balaban J connectivity index is 1.60. The molecule has 0 saturated heterocycles. The van der Waals surface area contributed by atoms with Crippen molar-refractivity contribution < 1.29 is 27.0 Å². The number of methoxy groups -OCH3 is 1. The Hall–Kier alpha value is -3.14. The molecule has 1 aliphatic carbocycles. The summed E-state index contributed by atoms with van der Waals surface area (Å²) in [4.78, 5) is 11.1. The SMILES string of the molecule is COc1cc2nc(C)nc(N[C@H](C)c3cccc(C(F)(F)F)c3F)c2cc1OCCN(C)CC1CC1. The molecule has 0 bridgehead atoms. The molecule has 0 aliphatic heterocycles. The van der Waals surface area contributed by atoms with Gasteiger partial charge in [0, 0.05) is 30.1 Å². The first-order chi connectivity index (χ1) is 17.1. The van der Waals surface area contributed by atoms with Gasteiger partial charge in [0.1, 0.15) is 24.1 Å². The van der Waals surface area contributed by atoms with Crippen molar-refractivity contribution >= 4 is 16.7 Å². The van der Waals surface area contributed by atoms with Crippen molar-refractivity contribution in [3.05, 3.63) is 53.1 Å². The third kappa shape index (κ3) is 5.98. The summed E-state index contributed by atoms with van der Waals surface area (Å²) in [6.07, 6.45) is -2.23. The molecule has 194 valence electrons. The molecule has 0 radical (unpaired) electrons. The zero-order valence-corrected chi connectivity index (χ0v) is 20.7. The van der Waals surface area contributed by atoms with E-state index in [1.807, 2.05) is 0 Å². The quantitative estimate of drug-likeness (QED) is 0.341. The lowest BCUT2D eigenvalue weighted by Gasteiger charge is -2.20. The molecular formula is C26H30F4N4O2. The van der Waals surface area contributed by atoms with E-state index in [0.717, 1.165) is 25.1 Å². The van der Waals surface area contributed by atoms with Crippen LogP contribution in [0.25, 0.3) is 10.9 Å². The van der Waals surface area contributed by atoms with Crippen LogP contribution in [0.1, 0.15) is 42.8 Å². The van der Waals surface area contributed by atoms with E-state index in [0.29, 0.717) is 40.7 Å². The van der Waals surface area contributed by atoms with Gasteiger partial charge in [0.2, 0.25) is 0 Å². The first-order valence-electron chi connectivity index (χ1n) is 11.9. The Bertz CT molecular complexity index is 1230. The monoisotopic (exact) mass is 506 g/mol. The highest BCUT2D eigenvalue weighted by molar-refractivity contribution is 5.92. The number of aromatic nitrogens is 2. The van der Waals surface area contributed by atoms with E-state index < -0.39 is 23.6 Å². The summed E-state index contributed by atoms with van der Waals surface area (Å²) in [7, 11) is 3.60. The number of benzene rings is 2. The Labute approximate surface area is 207 Å². The highest BCUT2D eigenvalue weighted by Crippen LogP contribution is 2.37. The first-order valence-corrected chi connectivity index (χ1v) is 11.9. The second-order valence-electron chi connectivity index (χ2n) is 9.27. The molecule has 1 heterocycles. The summed E-state index contributed by atoms with van der Waals surface area (Å²) in [5.74, 6) is 1.29. The number of nitrogens with zero attached hydrogens (tertiary/aromatic N) is 3. The third-order valence-corrected chi connectivity index (χ3v) is 6.24. The number of fused-ring (bicyclic) bond motifs is 1. The molecule has 1 aliphatic rings. The lowest BCUT2D eigenvalue weighted by molar-refractivity contribution is -0.140. The van der Waals surface area contributed by atoms with E-state index in [4.69, 9.17) is 9.47 Å². The molecule has 4 rings (SSSR count). The lowest BCUT2D eigenvalue weighted by Crippen LogP contribution is -2.26. The normalized spacial score (nSPS) is 14.8. The van der Waals surface area contributed by atoms with Crippen molar-refractivity contribution in [1.29, 1.82) is 0 Å². The van der Waals surface area contributed by atoms with Gasteiger partial charge in [0.25, 0.3) is 0 Å². The Kier molecular flexibility index (Phi) is 7.54. The summed E-state index contributed by atoms with van der Waals surface area (Å²) < 4.78 is 65.9. The minimum Gasteiger partial charge on any atom is -0.493 e. The molecule has 36 heavy (non-hydrogen) atoms. The van der Waals surface area contributed by atoms with E-state index in [1.54, 1.807) is 33.1 Å². The zero-order chi connectivity index (χ0) is 26.0. The molecule has 3 aromatic rings. The predicted molar refractivity (Wildman–Crippen MR) is 130 cm³/mol. The summed E-state index contributed by atoms with van der Waals surface area (Å²) >= 11 is 0. The van der Waals surface area contributed by atoms with Gasteiger partial charge in [-0.2, -0.15) is 13.2 Å². The maximum Gasteiger partial charge on any atom is 0.419 e. The van der Waals surface area contributed by atoms with E-state index in [9.17, 15) is 17.6 Å². The molecule has 1 saturated carbocycles. The second-order valence-corrected chi connectivity index (χ2v) is 9.27. The van der Waals surface area contributed by atoms with Crippen LogP contribution in [0.5, 0.6) is 11.5 Å². The summed E-state index contributed by atoms with van der Waals surface area (Å²) in [5, 5.41) is 3.65. The first kappa shape index (κ1) is 25.9. The number of likely N-dealkylation sites (N-methyl/N-ethyl adjacent to an activating group) is 1. The van der Waals surface area contributed by atoms with Gasteiger partial charge in [0.05, 0.1) is 24.2 Å². The molecular weight excluding hydrogens is 476 g/mol. The Morgan fingerprint density at radius 2 is 1.92 bits per heavy atom. The van der Waals surface area contributed by atoms with Gasteiger partial charge in [-0.05, 0) is 51.8 Å². The predicted octanol–water partition coefficient (Wildman–Crippen LogP) is 6.00. The highest BCUT2D eigenvalue weighted by atomic mass is 19.4. The van der Waals surface area contributed by atoms with Crippen LogP contribution in [-0.4, -0.2) is 48.7 Å². The summed E-state index contributed by atoms with van der Waals surface area (Å²) in [5.41, 5.74) is -0.848. The average molecular weight is 507 g/mol. The van der Waals surface area contributed by atoms with E-state index in [2.05, 4.69) is 27.2 Å². The fraction of sp³-hybridized carbons (Fsp3) is 0.462. The van der Waals surface area contributed by atoms with Gasteiger partial charge in [-0.1, -0.05) is 12.1 Å². The molecule has 6 nitrogen and oxygen atoms in total. The van der Waals surface area contributed by atoms with Crippen molar-refractivity contribution in [2.45, 2.75) is 38.9 Å². The molecule has 1 N–H and O–H groups in total. The van der Waals surface area contributed by atoms with E-state index >= 15 is 0 Å². The van der Waals surface area contributed by atoms with Gasteiger partial charge in [-0.3, -0.25) is 0 Å². The Morgan fingerprint density at radius 1 is 1.17 bits per heavy atom. The number of hydrogen-bond donors (Lipinski definition) is 1. The molecule has 0 unspecified atom stereocenters. The highest BCUT2D eigenvalue weighted by Gasteiger charge is 2.35. The molecule has 0 amide bonds. The Morgan fingerprint density at radius 3 is 2.58 bits per heavy atom. The molecule has 1 fully saturated rings. The average Bonchev–Trinajstić information content (AvgIpc) is 3.62. The number of hydrogen-bond acceptors (Lipinski definition) is 6. The van der Waals surface area contributed by atoms with Crippen LogP contribution < -0.4 is 14.8 Å². The topological polar surface area (TPSA) is 59.5 Å². The molecule has 2 aromatic carbocycles. The van der Waals surface area contributed by atoms with Crippen LogP contribution in [0.2, 0.25) is 0 Å². The lowest BCUT2D eigenvalue weighted by atomic mass is 10.0. The van der Waals surface area contributed by atoms with E-state index in [1.165, 1.54) is 25.0 Å². The van der Waals surface area contributed by atoms with Gasteiger partial charge in [0.15, 0.2) is 11.5 Å².